The van der Waals surface area contributed by atoms with Crippen LogP contribution >= 0.6 is 0 Å². The number of aromatic nitrogens is 2. The van der Waals surface area contributed by atoms with Crippen molar-refractivity contribution in [2.45, 2.75) is 33.6 Å². The Bertz CT molecular complexity index is 455. The minimum atomic E-state index is 0.717. The number of ether oxygens (including phenoxy) is 1. The Morgan fingerprint density at radius 3 is 2.59 bits per heavy atom. The van der Waals surface area contributed by atoms with E-state index < -0.39 is 0 Å². The average Bonchev–Trinajstić information content (AvgIpc) is 3.01. The first-order chi connectivity index (χ1) is 10.8. The number of allylic oxidation sites excluding steroid dienone is 4. The highest BCUT2D eigenvalue weighted by atomic mass is 16.5. The fourth-order valence-corrected chi connectivity index (χ4v) is 2.17. The number of nitrogens with zero attached hydrogens (tertiary/aromatic N) is 3. The number of imidazole rings is 1. The first-order valence-electron chi connectivity index (χ1n) is 8.13. The molecule has 122 valence electrons. The maximum Gasteiger partial charge on any atom is 0.119 e. The van der Waals surface area contributed by atoms with E-state index in [-0.39, 0.29) is 0 Å². The van der Waals surface area contributed by atoms with Crippen molar-refractivity contribution >= 4 is 6.20 Å². The standard InChI is InChI=1S/C18H29N3O/c1-4-8-18(9-7-13-21-14-10-19-17-21)22-16-15-20(11-5-2)12-6-3/h4,7-10,13-14,17H,5-6,11-12,15-16H2,1-3H3/b8-4-,13-7+,18-9+. The zero-order valence-electron chi connectivity index (χ0n) is 14.1. The fourth-order valence-electron chi connectivity index (χ4n) is 2.17. The van der Waals surface area contributed by atoms with Crippen LogP contribution in [0, 0.1) is 0 Å². The molecule has 4 heteroatoms. The summed E-state index contributed by atoms with van der Waals surface area (Å²) in [7, 11) is 0. The smallest absolute Gasteiger partial charge is 0.119 e. The van der Waals surface area contributed by atoms with Gasteiger partial charge in [0.25, 0.3) is 0 Å². The predicted molar refractivity (Wildman–Crippen MR) is 93.4 cm³/mol. The van der Waals surface area contributed by atoms with E-state index in [2.05, 4.69) is 23.7 Å². The van der Waals surface area contributed by atoms with Gasteiger partial charge in [-0.15, -0.1) is 0 Å². The van der Waals surface area contributed by atoms with Crippen molar-refractivity contribution in [3.63, 3.8) is 0 Å². The maximum atomic E-state index is 5.88. The van der Waals surface area contributed by atoms with Gasteiger partial charge < -0.3 is 9.30 Å². The van der Waals surface area contributed by atoms with Crippen LogP contribution in [-0.4, -0.2) is 40.7 Å². The quantitative estimate of drug-likeness (QED) is 0.458. The van der Waals surface area contributed by atoms with Crippen molar-refractivity contribution < 1.29 is 4.74 Å². The number of rotatable bonds is 11. The van der Waals surface area contributed by atoms with Crippen LogP contribution in [0.2, 0.25) is 0 Å². The third-order valence-electron chi connectivity index (χ3n) is 3.13. The van der Waals surface area contributed by atoms with Crippen LogP contribution in [0.5, 0.6) is 0 Å². The summed E-state index contributed by atoms with van der Waals surface area (Å²) in [5.41, 5.74) is 0. The van der Waals surface area contributed by atoms with Gasteiger partial charge in [0.15, 0.2) is 0 Å². The van der Waals surface area contributed by atoms with Crippen molar-refractivity contribution in [2.24, 2.45) is 0 Å². The molecule has 22 heavy (non-hydrogen) atoms. The van der Waals surface area contributed by atoms with E-state index in [4.69, 9.17) is 4.74 Å². The monoisotopic (exact) mass is 303 g/mol. The minimum absolute atomic E-state index is 0.717. The van der Waals surface area contributed by atoms with E-state index >= 15 is 0 Å². The molecular weight excluding hydrogens is 274 g/mol. The molecule has 0 aliphatic heterocycles. The van der Waals surface area contributed by atoms with Gasteiger partial charge in [-0.25, -0.2) is 4.98 Å². The molecule has 0 fully saturated rings. The first kappa shape index (κ1) is 18.2. The molecule has 0 saturated carbocycles. The van der Waals surface area contributed by atoms with Gasteiger partial charge in [-0.05, 0) is 51.1 Å². The summed E-state index contributed by atoms with van der Waals surface area (Å²) in [5, 5.41) is 0. The van der Waals surface area contributed by atoms with Crippen molar-refractivity contribution in [3.8, 4) is 0 Å². The molecule has 0 aliphatic carbocycles. The largest absolute Gasteiger partial charge is 0.492 e. The predicted octanol–water partition coefficient (Wildman–Crippen LogP) is 3.95. The second kappa shape index (κ2) is 11.8. The Morgan fingerprint density at radius 1 is 1.23 bits per heavy atom. The molecule has 1 aromatic rings. The Balaban J connectivity index is 2.46. The van der Waals surface area contributed by atoms with Gasteiger partial charge in [0.1, 0.15) is 12.4 Å². The van der Waals surface area contributed by atoms with Crippen LogP contribution < -0.4 is 0 Å². The van der Waals surface area contributed by atoms with Gasteiger partial charge in [0, 0.05) is 25.1 Å². The summed E-state index contributed by atoms with van der Waals surface area (Å²) in [4.78, 5) is 6.45. The molecule has 0 aromatic carbocycles. The van der Waals surface area contributed by atoms with Gasteiger partial charge >= 0.3 is 0 Å². The van der Waals surface area contributed by atoms with Crippen LogP contribution in [0.4, 0.5) is 0 Å². The zero-order valence-corrected chi connectivity index (χ0v) is 14.1. The third-order valence-corrected chi connectivity index (χ3v) is 3.13. The van der Waals surface area contributed by atoms with Crippen molar-refractivity contribution in [1.29, 1.82) is 0 Å². The van der Waals surface area contributed by atoms with E-state index in [1.807, 2.05) is 48.2 Å². The summed E-state index contributed by atoms with van der Waals surface area (Å²) in [6, 6.07) is 0. The van der Waals surface area contributed by atoms with Crippen molar-refractivity contribution in [1.82, 2.24) is 14.5 Å². The molecule has 0 bridgehead atoms. The van der Waals surface area contributed by atoms with E-state index in [1.165, 1.54) is 12.8 Å². The molecule has 1 aromatic heterocycles. The lowest BCUT2D eigenvalue weighted by atomic mass is 10.3. The van der Waals surface area contributed by atoms with Gasteiger partial charge in [0.05, 0.1) is 6.33 Å². The molecule has 1 heterocycles. The summed E-state index contributed by atoms with van der Waals surface area (Å²) in [5.74, 6) is 0.881. The van der Waals surface area contributed by atoms with Crippen LogP contribution in [0.3, 0.4) is 0 Å². The minimum Gasteiger partial charge on any atom is -0.492 e. The highest BCUT2D eigenvalue weighted by Gasteiger charge is 2.02. The van der Waals surface area contributed by atoms with Gasteiger partial charge in [0.2, 0.25) is 0 Å². The number of hydrogen-bond acceptors (Lipinski definition) is 3. The van der Waals surface area contributed by atoms with E-state index in [0.29, 0.717) is 0 Å². The SMILES string of the molecule is C\C=C/C(=C\C=C\n1ccnc1)OCCN(CCC)CCC. The van der Waals surface area contributed by atoms with Crippen molar-refractivity contribution in [2.75, 3.05) is 26.2 Å². The van der Waals surface area contributed by atoms with Crippen LogP contribution in [0.15, 0.2) is 48.8 Å². The molecule has 0 spiro atoms. The summed E-state index contributed by atoms with van der Waals surface area (Å²) >= 11 is 0. The topological polar surface area (TPSA) is 30.3 Å². The molecule has 0 radical (unpaired) electrons. The van der Waals surface area contributed by atoms with Crippen LogP contribution in [0.25, 0.3) is 6.20 Å². The molecule has 4 nitrogen and oxygen atoms in total. The van der Waals surface area contributed by atoms with Crippen LogP contribution in [0.1, 0.15) is 33.6 Å². The van der Waals surface area contributed by atoms with Crippen molar-refractivity contribution in [3.05, 3.63) is 48.8 Å². The average molecular weight is 303 g/mol. The van der Waals surface area contributed by atoms with Crippen LogP contribution in [-0.2, 0) is 4.74 Å². The molecule has 0 amide bonds. The molecular formula is C18H29N3O. The number of hydrogen-bond donors (Lipinski definition) is 0. The molecule has 0 atom stereocenters. The Hall–Kier alpha value is -1.81. The molecule has 1 rings (SSSR count). The molecule has 0 saturated heterocycles. The first-order valence-corrected chi connectivity index (χ1v) is 8.13. The lowest BCUT2D eigenvalue weighted by molar-refractivity contribution is 0.164. The maximum absolute atomic E-state index is 5.88. The van der Waals surface area contributed by atoms with Gasteiger partial charge in [-0.3, -0.25) is 4.90 Å². The van der Waals surface area contributed by atoms with Gasteiger partial charge in [-0.1, -0.05) is 19.9 Å². The van der Waals surface area contributed by atoms with E-state index in [0.717, 1.165) is 32.0 Å². The summed E-state index contributed by atoms with van der Waals surface area (Å²) < 4.78 is 7.78. The van der Waals surface area contributed by atoms with Gasteiger partial charge in [-0.2, -0.15) is 0 Å². The Morgan fingerprint density at radius 2 is 2.00 bits per heavy atom. The molecule has 0 N–H and O–H groups in total. The Kier molecular flexibility index (Phi) is 9.79. The summed E-state index contributed by atoms with van der Waals surface area (Å²) in [6.07, 6.45) is 17.7. The van der Waals surface area contributed by atoms with E-state index in [9.17, 15) is 0 Å². The molecule has 0 aliphatic rings. The third kappa shape index (κ3) is 7.84. The highest BCUT2D eigenvalue weighted by Crippen LogP contribution is 2.03. The zero-order chi connectivity index (χ0) is 16.0. The summed E-state index contributed by atoms with van der Waals surface area (Å²) in [6.45, 7) is 10.4. The second-order valence-corrected chi connectivity index (χ2v) is 5.11. The fraction of sp³-hybridized carbons (Fsp3) is 0.500. The highest BCUT2D eigenvalue weighted by molar-refractivity contribution is 5.30. The second-order valence-electron chi connectivity index (χ2n) is 5.11. The Labute approximate surface area is 134 Å². The normalized spacial score (nSPS) is 12.8. The lowest BCUT2D eigenvalue weighted by Gasteiger charge is -2.21. The molecule has 0 unspecified atom stereocenters. The van der Waals surface area contributed by atoms with E-state index in [1.54, 1.807) is 12.5 Å². The lowest BCUT2D eigenvalue weighted by Crippen LogP contribution is -2.29.